The fourth-order valence-corrected chi connectivity index (χ4v) is 2.61. The molecule has 3 amide bonds. The molecule has 1 aliphatic rings. The molecule has 11 nitrogen and oxygen atoms in total. The minimum atomic E-state index is -0.676. The molecule has 0 saturated carbocycles. The average Bonchev–Trinajstić information content (AvgIpc) is 2.54. The van der Waals surface area contributed by atoms with Crippen molar-refractivity contribution >= 4 is 37.0 Å². The third-order valence-electron chi connectivity index (χ3n) is 3.69. The van der Waals surface area contributed by atoms with E-state index in [1.54, 1.807) is 20.8 Å². The van der Waals surface area contributed by atoms with Crippen molar-refractivity contribution in [3.63, 3.8) is 0 Å². The number of amides is 3. The molecule has 1 saturated heterocycles. The van der Waals surface area contributed by atoms with Crippen LogP contribution in [-0.4, -0.2) is 78.5 Å². The highest BCUT2D eigenvalue weighted by Crippen LogP contribution is 2.19. The maximum atomic E-state index is 11.9. The van der Waals surface area contributed by atoms with Gasteiger partial charge in [-0.15, -0.1) is 0 Å². The van der Waals surface area contributed by atoms with E-state index in [1.165, 1.54) is 0 Å². The summed E-state index contributed by atoms with van der Waals surface area (Å²) < 4.78 is 9.97. The highest BCUT2D eigenvalue weighted by Gasteiger charge is 2.36. The second-order valence-corrected chi connectivity index (χ2v) is 7.23. The Morgan fingerprint density at radius 3 is 2.67 bits per heavy atom. The molecule has 1 aliphatic heterocycles. The van der Waals surface area contributed by atoms with Crippen LogP contribution in [0.5, 0.6) is 0 Å². The van der Waals surface area contributed by atoms with E-state index < -0.39 is 30.3 Å². The molecule has 0 spiro atoms. The van der Waals surface area contributed by atoms with E-state index in [0.717, 1.165) is 5.06 Å². The van der Waals surface area contributed by atoms with E-state index in [1.807, 2.05) is 11.9 Å². The Hall–Kier alpha value is -2.05. The van der Waals surface area contributed by atoms with Gasteiger partial charge < -0.3 is 20.6 Å². The lowest BCUT2D eigenvalue weighted by atomic mass is 9.96. The van der Waals surface area contributed by atoms with Crippen LogP contribution in [0.15, 0.2) is 5.16 Å². The minimum absolute atomic E-state index is 0.141. The Morgan fingerprint density at radius 1 is 1.48 bits per heavy atom. The normalized spacial score (nSPS) is 22.2. The zero-order valence-electron chi connectivity index (χ0n) is 15.9. The Bertz CT molecular complexity index is 567. The van der Waals surface area contributed by atoms with Gasteiger partial charge in [-0.05, 0) is 27.8 Å². The quantitative estimate of drug-likeness (QED) is 0.218. The summed E-state index contributed by atoms with van der Waals surface area (Å²) in [5.41, 5.74) is 4.88. The zero-order chi connectivity index (χ0) is 20.6. The number of piperidine rings is 1. The van der Waals surface area contributed by atoms with Crippen LogP contribution in [0, 0.1) is 0 Å². The molecule has 0 bridgehead atoms. The fraction of sp³-hybridized carbons (Fsp3) is 0.733. The second-order valence-electron chi connectivity index (χ2n) is 7.07. The second kappa shape index (κ2) is 10.3. The predicted octanol–water partition coefficient (Wildman–Crippen LogP) is -0.323. The zero-order valence-corrected chi connectivity index (χ0v) is 16.8. The number of rotatable bonds is 8. The van der Waals surface area contributed by atoms with Gasteiger partial charge in [0.1, 0.15) is 11.6 Å². The molecule has 27 heavy (non-hydrogen) atoms. The molecule has 1 unspecified atom stereocenters. The molecule has 1 fully saturated rings. The van der Waals surface area contributed by atoms with Crippen molar-refractivity contribution in [2.24, 2.45) is 10.9 Å². The van der Waals surface area contributed by atoms with Gasteiger partial charge in [0.15, 0.2) is 6.61 Å². The van der Waals surface area contributed by atoms with Crippen molar-refractivity contribution in [2.75, 3.05) is 26.7 Å². The largest absolute Gasteiger partial charge is 0.444 e. The Morgan fingerprint density at radius 2 is 2.15 bits per heavy atom. The van der Waals surface area contributed by atoms with Gasteiger partial charge in [-0.2, -0.15) is 0 Å². The lowest BCUT2D eigenvalue weighted by Crippen LogP contribution is -2.57. The number of likely N-dealkylation sites (tertiary alicyclic amines) is 1. The number of thiol groups is 1. The van der Waals surface area contributed by atoms with Gasteiger partial charge in [-0.25, -0.2) is 14.1 Å². The lowest BCUT2D eigenvalue weighted by Gasteiger charge is -2.39. The topological polar surface area (TPSA) is 136 Å². The monoisotopic (exact) mass is 405 g/mol. The number of carbonyl (C=O) groups is 3. The van der Waals surface area contributed by atoms with E-state index in [0.29, 0.717) is 25.1 Å². The molecule has 1 rings (SSSR count). The van der Waals surface area contributed by atoms with Gasteiger partial charge in [0.2, 0.25) is 6.41 Å². The number of oxime groups is 1. The van der Waals surface area contributed by atoms with Crippen LogP contribution in [0.1, 0.15) is 27.2 Å². The molecule has 12 heteroatoms. The molecular formula is C15H27N5O6S. The van der Waals surface area contributed by atoms with Crippen molar-refractivity contribution in [3.05, 3.63) is 0 Å². The van der Waals surface area contributed by atoms with E-state index in [9.17, 15) is 14.4 Å². The number of nitrogens with zero attached hydrogens (tertiary/aromatic N) is 3. The summed E-state index contributed by atoms with van der Waals surface area (Å²) in [6.07, 6.45) is 0.278. The Balaban J connectivity index is 2.81. The first-order valence-electron chi connectivity index (χ1n) is 8.26. The number of nitrogens with one attached hydrogen (secondary N) is 1. The summed E-state index contributed by atoms with van der Waals surface area (Å²) >= 11 is 3.66. The third-order valence-corrected chi connectivity index (χ3v) is 3.88. The average molecular weight is 405 g/mol. The van der Waals surface area contributed by atoms with Crippen LogP contribution in [0.2, 0.25) is 0 Å². The first kappa shape index (κ1) is 23.0. The molecular weight excluding hydrogens is 378 g/mol. The molecule has 3 N–H and O–H groups in total. The summed E-state index contributed by atoms with van der Waals surface area (Å²) in [7, 11) is 1.83. The number of nitrogens with two attached hydrogens (primary N) is 1. The van der Waals surface area contributed by atoms with Gasteiger partial charge in [-0.3, -0.25) is 14.5 Å². The van der Waals surface area contributed by atoms with Crippen LogP contribution < -0.4 is 11.1 Å². The van der Waals surface area contributed by atoms with Crippen LogP contribution in [0.25, 0.3) is 0 Å². The van der Waals surface area contributed by atoms with Crippen LogP contribution in [0.4, 0.5) is 4.79 Å². The SMILES string of the molecule is CN1CC(N(C=O)OS)/C(=N\OCC(N)=O)C[C@H]1CNC(=O)OC(C)(C)C. The lowest BCUT2D eigenvalue weighted by molar-refractivity contribution is -0.143. The maximum absolute atomic E-state index is 11.9. The number of primary amides is 1. The number of hydroxylamine groups is 2. The molecule has 0 aromatic rings. The fourth-order valence-electron chi connectivity index (χ4n) is 2.46. The Kier molecular flexibility index (Phi) is 8.79. The van der Waals surface area contributed by atoms with Crippen molar-refractivity contribution in [2.45, 2.75) is 44.9 Å². The standard InChI is InChI=1S/C15H27N5O6S/c1-15(2,3)25-14(23)17-6-10-5-11(18-24-8-13(16)22)12(7-19(10)4)20(9-21)26-27/h9-10,12,27H,5-8H2,1-4H3,(H2,16,22)(H,17,23)/b18-11-/t10-,12?/m0/s1. The molecule has 0 radical (unpaired) electrons. The van der Waals surface area contributed by atoms with Crippen LogP contribution >= 0.6 is 12.9 Å². The predicted molar refractivity (Wildman–Crippen MR) is 99.6 cm³/mol. The van der Waals surface area contributed by atoms with E-state index in [4.69, 9.17) is 19.6 Å². The highest BCUT2D eigenvalue weighted by atomic mass is 32.1. The Labute approximate surface area is 163 Å². The highest BCUT2D eigenvalue weighted by molar-refractivity contribution is 7.75. The van der Waals surface area contributed by atoms with E-state index in [2.05, 4.69) is 23.4 Å². The maximum Gasteiger partial charge on any atom is 0.407 e. The van der Waals surface area contributed by atoms with Crippen molar-refractivity contribution < 1.29 is 28.2 Å². The van der Waals surface area contributed by atoms with Gasteiger partial charge in [0.05, 0.1) is 5.71 Å². The minimum Gasteiger partial charge on any atom is -0.444 e. The summed E-state index contributed by atoms with van der Waals surface area (Å²) in [6.45, 7) is 5.56. The number of ether oxygens (including phenoxy) is 1. The molecule has 0 aromatic heterocycles. The number of alkyl carbamates (subject to hydrolysis) is 1. The van der Waals surface area contributed by atoms with Crippen molar-refractivity contribution in [1.82, 2.24) is 15.3 Å². The molecule has 1 heterocycles. The van der Waals surface area contributed by atoms with Crippen LogP contribution in [0.3, 0.4) is 0 Å². The van der Waals surface area contributed by atoms with Gasteiger partial charge >= 0.3 is 6.09 Å². The summed E-state index contributed by atoms with van der Waals surface area (Å²) in [5.74, 6) is -0.676. The van der Waals surface area contributed by atoms with Gasteiger partial charge in [0, 0.05) is 38.5 Å². The van der Waals surface area contributed by atoms with Gasteiger partial charge in [-0.1, -0.05) is 5.16 Å². The first-order valence-corrected chi connectivity index (χ1v) is 8.63. The summed E-state index contributed by atoms with van der Waals surface area (Å²) in [4.78, 5) is 40.7. The van der Waals surface area contributed by atoms with E-state index >= 15 is 0 Å². The number of hydrogen-bond donors (Lipinski definition) is 3. The summed E-state index contributed by atoms with van der Waals surface area (Å²) in [6, 6.07) is -0.714. The third kappa shape index (κ3) is 8.01. The number of likely N-dealkylation sites (N-methyl/N-ethyl adjacent to an activating group) is 1. The summed E-state index contributed by atoms with van der Waals surface area (Å²) in [5, 5.41) is 7.60. The molecule has 0 aliphatic carbocycles. The van der Waals surface area contributed by atoms with E-state index in [-0.39, 0.29) is 12.6 Å². The molecule has 2 atom stereocenters. The smallest absolute Gasteiger partial charge is 0.407 e. The van der Waals surface area contributed by atoms with Gasteiger partial charge in [0.25, 0.3) is 5.91 Å². The van der Waals surface area contributed by atoms with Crippen molar-refractivity contribution in [1.29, 1.82) is 0 Å². The van der Waals surface area contributed by atoms with Crippen LogP contribution in [-0.2, 0) is 23.4 Å². The first-order chi connectivity index (χ1) is 12.6. The molecule has 0 aromatic carbocycles. The van der Waals surface area contributed by atoms with Crippen molar-refractivity contribution in [3.8, 4) is 0 Å². The number of carbonyl (C=O) groups excluding carboxylic acids is 3. The molecule has 154 valence electrons. The number of hydrogen-bond acceptors (Lipinski definition) is 9.